The number of nitrogens with zero attached hydrogens (tertiary/aromatic N) is 2. The zero-order valence-corrected chi connectivity index (χ0v) is 6.58. The molecule has 0 spiro atoms. The SMILES string of the molecule is C=CCCC(=O)Nc1ncn[nH]1. The van der Waals surface area contributed by atoms with E-state index >= 15 is 0 Å². The first-order valence-corrected chi connectivity index (χ1v) is 3.59. The fourth-order valence-electron chi connectivity index (χ4n) is 0.693. The first kappa shape index (κ1) is 8.45. The Morgan fingerprint density at radius 1 is 1.83 bits per heavy atom. The summed E-state index contributed by atoms with van der Waals surface area (Å²) >= 11 is 0. The number of aromatic nitrogens is 3. The van der Waals surface area contributed by atoms with Crippen LogP contribution in [0.4, 0.5) is 5.95 Å². The summed E-state index contributed by atoms with van der Waals surface area (Å²) in [6, 6.07) is 0. The van der Waals surface area contributed by atoms with Crippen LogP contribution in [0.2, 0.25) is 0 Å². The van der Waals surface area contributed by atoms with E-state index in [1.165, 1.54) is 6.33 Å². The maximum absolute atomic E-state index is 11.0. The predicted molar refractivity (Wildman–Crippen MR) is 44.4 cm³/mol. The molecule has 1 amide bonds. The van der Waals surface area contributed by atoms with E-state index < -0.39 is 0 Å². The van der Waals surface area contributed by atoms with Crippen LogP contribution in [0.1, 0.15) is 12.8 Å². The number of H-pyrrole nitrogens is 1. The minimum Gasteiger partial charge on any atom is -0.295 e. The maximum atomic E-state index is 11.0. The minimum atomic E-state index is -0.0911. The zero-order valence-electron chi connectivity index (χ0n) is 6.58. The van der Waals surface area contributed by atoms with Gasteiger partial charge in [-0.2, -0.15) is 10.1 Å². The Morgan fingerprint density at radius 3 is 3.25 bits per heavy atom. The second-order valence-corrected chi connectivity index (χ2v) is 2.21. The topological polar surface area (TPSA) is 70.7 Å². The number of anilines is 1. The van der Waals surface area contributed by atoms with Crippen molar-refractivity contribution >= 4 is 11.9 Å². The lowest BCUT2D eigenvalue weighted by Gasteiger charge is -1.97. The summed E-state index contributed by atoms with van der Waals surface area (Å²) in [7, 11) is 0. The molecule has 0 atom stereocenters. The normalized spacial score (nSPS) is 9.33. The first-order chi connectivity index (χ1) is 5.83. The smallest absolute Gasteiger partial charge is 0.227 e. The van der Waals surface area contributed by atoms with Crippen LogP contribution in [0.3, 0.4) is 0 Å². The van der Waals surface area contributed by atoms with Gasteiger partial charge in [-0.1, -0.05) is 6.08 Å². The molecule has 2 N–H and O–H groups in total. The third-order valence-corrected chi connectivity index (χ3v) is 1.25. The number of hydrogen-bond donors (Lipinski definition) is 2. The molecule has 64 valence electrons. The number of rotatable bonds is 4. The van der Waals surface area contributed by atoms with E-state index in [9.17, 15) is 4.79 Å². The van der Waals surface area contributed by atoms with Gasteiger partial charge in [0.05, 0.1) is 0 Å². The summed E-state index contributed by atoms with van der Waals surface area (Å²) in [5.74, 6) is 0.288. The minimum absolute atomic E-state index is 0.0911. The van der Waals surface area contributed by atoms with Gasteiger partial charge in [-0.05, 0) is 6.42 Å². The third kappa shape index (κ3) is 2.53. The van der Waals surface area contributed by atoms with Gasteiger partial charge in [0.15, 0.2) is 0 Å². The van der Waals surface area contributed by atoms with Crippen LogP contribution in [0.5, 0.6) is 0 Å². The van der Waals surface area contributed by atoms with Crippen molar-refractivity contribution in [3.8, 4) is 0 Å². The van der Waals surface area contributed by atoms with Crippen molar-refractivity contribution in [2.24, 2.45) is 0 Å². The van der Waals surface area contributed by atoms with Crippen LogP contribution in [0.25, 0.3) is 0 Å². The Bertz CT molecular complexity index is 254. The molecule has 1 heterocycles. The monoisotopic (exact) mass is 166 g/mol. The summed E-state index contributed by atoms with van der Waals surface area (Å²) in [5, 5.41) is 8.65. The molecule has 12 heavy (non-hydrogen) atoms. The number of nitrogens with one attached hydrogen (secondary N) is 2. The molecule has 5 heteroatoms. The van der Waals surface area contributed by atoms with E-state index in [-0.39, 0.29) is 5.91 Å². The van der Waals surface area contributed by atoms with Gasteiger partial charge in [-0.25, -0.2) is 5.10 Å². The Labute approximate surface area is 69.9 Å². The van der Waals surface area contributed by atoms with Crippen molar-refractivity contribution in [1.29, 1.82) is 0 Å². The molecular weight excluding hydrogens is 156 g/mol. The average molecular weight is 166 g/mol. The van der Waals surface area contributed by atoms with Crippen LogP contribution in [-0.2, 0) is 4.79 Å². The van der Waals surface area contributed by atoms with E-state index in [0.29, 0.717) is 18.8 Å². The van der Waals surface area contributed by atoms with Gasteiger partial charge >= 0.3 is 0 Å². The van der Waals surface area contributed by atoms with Gasteiger partial charge < -0.3 is 0 Å². The van der Waals surface area contributed by atoms with Crippen LogP contribution in [0.15, 0.2) is 19.0 Å². The molecule has 0 fully saturated rings. The number of hydrogen-bond acceptors (Lipinski definition) is 3. The lowest BCUT2D eigenvalue weighted by atomic mass is 10.3. The van der Waals surface area contributed by atoms with Crippen LogP contribution in [-0.4, -0.2) is 21.1 Å². The molecule has 5 nitrogen and oxygen atoms in total. The van der Waals surface area contributed by atoms with E-state index in [4.69, 9.17) is 0 Å². The summed E-state index contributed by atoms with van der Waals surface area (Å²) in [6.45, 7) is 3.51. The Hall–Kier alpha value is -1.65. The quantitative estimate of drug-likeness (QED) is 0.647. The molecule has 0 aliphatic rings. The standard InChI is InChI=1S/C7H10N4O/c1-2-3-4-6(12)10-7-8-5-9-11-7/h2,5H,1,3-4H2,(H2,8,9,10,11,12). The lowest BCUT2D eigenvalue weighted by Crippen LogP contribution is -2.11. The molecule has 0 aromatic carbocycles. The van der Waals surface area contributed by atoms with Crippen molar-refractivity contribution in [2.45, 2.75) is 12.8 Å². The van der Waals surface area contributed by atoms with Gasteiger partial charge in [0.2, 0.25) is 11.9 Å². The number of carbonyl (C=O) groups excluding carboxylic acids is 1. The van der Waals surface area contributed by atoms with Crippen LogP contribution in [0, 0.1) is 0 Å². The van der Waals surface area contributed by atoms with Gasteiger partial charge in [-0.3, -0.25) is 10.1 Å². The average Bonchev–Trinajstić information content (AvgIpc) is 2.53. The number of aromatic amines is 1. The summed E-state index contributed by atoms with van der Waals surface area (Å²) < 4.78 is 0. The Kier molecular flexibility index (Phi) is 3.01. The second-order valence-electron chi connectivity index (χ2n) is 2.21. The molecule has 1 aromatic heterocycles. The molecule has 0 aliphatic carbocycles. The van der Waals surface area contributed by atoms with Crippen molar-refractivity contribution in [3.63, 3.8) is 0 Å². The summed E-state index contributed by atoms with van der Waals surface area (Å²) in [4.78, 5) is 14.8. The van der Waals surface area contributed by atoms with Gasteiger partial charge in [0, 0.05) is 6.42 Å². The largest absolute Gasteiger partial charge is 0.295 e. The number of allylic oxidation sites excluding steroid dienone is 1. The van der Waals surface area contributed by atoms with Crippen molar-refractivity contribution in [1.82, 2.24) is 15.2 Å². The van der Waals surface area contributed by atoms with Gasteiger partial charge in [-0.15, -0.1) is 6.58 Å². The highest BCUT2D eigenvalue weighted by atomic mass is 16.1. The third-order valence-electron chi connectivity index (χ3n) is 1.25. The summed E-state index contributed by atoms with van der Waals surface area (Å²) in [6.07, 6.45) is 4.12. The molecule has 1 rings (SSSR count). The molecule has 0 bridgehead atoms. The van der Waals surface area contributed by atoms with Gasteiger partial charge in [0.25, 0.3) is 0 Å². The van der Waals surface area contributed by atoms with E-state index in [2.05, 4.69) is 27.1 Å². The van der Waals surface area contributed by atoms with Crippen molar-refractivity contribution < 1.29 is 4.79 Å². The van der Waals surface area contributed by atoms with Crippen molar-refractivity contribution in [2.75, 3.05) is 5.32 Å². The highest BCUT2D eigenvalue weighted by Gasteiger charge is 2.01. The molecule has 0 aliphatic heterocycles. The molecule has 0 unspecified atom stereocenters. The first-order valence-electron chi connectivity index (χ1n) is 3.59. The van der Waals surface area contributed by atoms with E-state index in [1.54, 1.807) is 6.08 Å². The lowest BCUT2D eigenvalue weighted by molar-refractivity contribution is -0.116. The highest BCUT2D eigenvalue weighted by Crippen LogP contribution is 1.96. The highest BCUT2D eigenvalue weighted by molar-refractivity contribution is 5.88. The number of amides is 1. The van der Waals surface area contributed by atoms with Crippen LogP contribution < -0.4 is 5.32 Å². The van der Waals surface area contributed by atoms with Gasteiger partial charge in [0.1, 0.15) is 6.33 Å². The summed E-state index contributed by atoms with van der Waals surface area (Å²) in [5.41, 5.74) is 0. The van der Waals surface area contributed by atoms with Crippen molar-refractivity contribution in [3.05, 3.63) is 19.0 Å². The van der Waals surface area contributed by atoms with E-state index in [1.807, 2.05) is 0 Å². The maximum Gasteiger partial charge on any atom is 0.227 e. The fraction of sp³-hybridized carbons (Fsp3) is 0.286. The molecule has 1 aromatic rings. The predicted octanol–water partition coefficient (Wildman–Crippen LogP) is 0.709. The number of carbonyl (C=O) groups is 1. The second kappa shape index (κ2) is 4.27. The van der Waals surface area contributed by atoms with Crippen LogP contribution >= 0.6 is 0 Å². The molecular formula is C7H10N4O. The molecule has 0 radical (unpaired) electrons. The fourth-order valence-corrected chi connectivity index (χ4v) is 0.693. The Balaban J connectivity index is 2.32. The molecule has 0 saturated carbocycles. The molecule has 0 saturated heterocycles. The Morgan fingerprint density at radius 2 is 2.67 bits per heavy atom. The van der Waals surface area contributed by atoms with E-state index in [0.717, 1.165) is 0 Å². The zero-order chi connectivity index (χ0) is 8.81.